The van der Waals surface area contributed by atoms with E-state index >= 15 is 0 Å². The van der Waals surface area contributed by atoms with Crippen LogP contribution in [0.1, 0.15) is 23.6 Å². The lowest BCUT2D eigenvalue weighted by Crippen LogP contribution is -2.28. The number of rotatable bonds is 6. The molecule has 0 bridgehead atoms. The molecule has 1 atom stereocenters. The molecule has 0 aromatic heterocycles. The van der Waals surface area contributed by atoms with Crippen LogP contribution in [0.4, 0.5) is 4.79 Å². The van der Waals surface area contributed by atoms with E-state index < -0.39 is 6.09 Å². The number of benzene rings is 2. The van der Waals surface area contributed by atoms with Crippen LogP contribution in [0.25, 0.3) is 0 Å². The summed E-state index contributed by atoms with van der Waals surface area (Å²) in [5, 5.41) is 2.87. The zero-order valence-electron chi connectivity index (χ0n) is 11.9. The molecule has 108 valence electrons. The third-order valence-corrected chi connectivity index (χ3v) is 3.11. The standard InChI is InChI=1S/C18H19NO2/c1-2-9-17(16-12-7-4-8-13-16)19-18(20)21-14-15-10-5-3-6-11-15/h2-8,10-13,17H,1,9,14H2,(H,19,20)/t17-/m0/s1. The van der Waals surface area contributed by atoms with E-state index in [-0.39, 0.29) is 12.6 Å². The molecule has 0 saturated carbocycles. The molecule has 2 aromatic rings. The van der Waals surface area contributed by atoms with Crippen LogP contribution in [0.15, 0.2) is 73.3 Å². The van der Waals surface area contributed by atoms with Gasteiger partial charge in [-0.3, -0.25) is 0 Å². The van der Waals surface area contributed by atoms with E-state index in [0.29, 0.717) is 6.42 Å². The number of nitrogens with one attached hydrogen (secondary N) is 1. The fraction of sp³-hybridized carbons (Fsp3) is 0.167. The minimum atomic E-state index is -0.422. The highest BCUT2D eigenvalue weighted by molar-refractivity contribution is 5.68. The first-order valence-corrected chi connectivity index (χ1v) is 6.92. The van der Waals surface area contributed by atoms with Gasteiger partial charge < -0.3 is 10.1 Å². The number of carbonyl (C=O) groups excluding carboxylic acids is 1. The normalized spacial score (nSPS) is 11.4. The Hall–Kier alpha value is -2.55. The van der Waals surface area contributed by atoms with Crippen LogP contribution in [-0.4, -0.2) is 6.09 Å². The molecule has 21 heavy (non-hydrogen) atoms. The molecule has 1 amide bonds. The van der Waals surface area contributed by atoms with Crippen LogP contribution < -0.4 is 5.32 Å². The molecule has 0 spiro atoms. The van der Waals surface area contributed by atoms with Gasteiger partial charge in [-0.15, -0.1) is 6.58 Å². The minimum absolute atomic E-state index is 0.119. The summed E-state index contributed by atoms with van der Waals surface area (Å²) >= 11 is 0. The summed E-state index contributed by atoms with van der Waals surface area (Å²) in [7, 11) is 0. The van der Waals surface area contributed by atoms with Crippen molar-refractivity contribution in [3.05, 3.63) is 84.4 Å². The van der Waals surface area contributed by atoms with Crippen molar-refractivity contribution in [1.29, 1.82) is 0 Å². The number of amides is 1. The van der Waals surface area contributed by atoms with Crippen LogP contribution in [0, 0.1) is 0 Å². The van der Waals surface area contributed by atoms with E-state index in [1.54, 1.807) is 6.08 Å². The Morgan fingerprint density at radius 2 is 1.71 bits per heavy atom. The van der Waals surface area contributed by atoms with E-state index in [9.17, 15) is 4.79 Å². The molecule has 3 nitrogen and oxygen atoms in total. The summed E-state index contributed by atoms with van der Waals surface area (Å²) in [6.45, 7) is 4.00. The average Bonchev–Trinajstić information content (AvgIpc) is 2.54. The first kappa shape index (κ1) is 14.9. The highest BCUT2D eigenvalue weighted by atomic mass is 16.5. The van der Waals surface area contributed by atoms with E-state index in [1.807, 2.05) is 60.7 Å². The van der Waals surface area contributed by atoms with Gasteiger partial charge in [0.1, 0.15) is 6.61 Å². The molecule has 0 aliphatic carbocycles. The van der Waals surface area contributed by atoms with Gasteiger partial charge in [-0.05, 0) is 17.5 Å². The number of carbonyl (C=O) groups is 1. The number of ether oxygens (including phenoxy) is 1. The summed E-state index contributed by atoms with van der Waals surface area (Å²) in [6.07, 6.45) is 2.02. The zero-order valence-corrected chi connectivity index (χ0v) is 11.9. The molecular weight excluding hydrogens is 262 g/mol. The second-order valence-corrected chi connectivity index (χ2v) is 4.69. The largest absolute Gasteiger partial charge is 0.445 e. The predicted octanol–water partition coefficient (Wildman–Crippen LogP) is 4.23. The summed E-state index contributed by atoms with van der Waals surface area (Å²) in [4.78, 5) is 11.9. The van der Waals surface area contributed by atoms with Gasteiger partial charge in [0.05, 0.1) is 6.04 Å². The average molecular weight is 281 g/mol. The summed E-state index contributed by atoms with van der Waals surface area (Å²) < 4.78 is 5.24. The maximum Gasteiger partial charge on any atom is 0.407 e. The molecule has 0 unspecified atom stereocenters. The molecule has 0 fully saturated rings. The molecule has 0 radical (unpaired) electrons. The van der Waals surface area contributed by atoms with Crippen molar-refractivity contribution in [2.45, 2.75) is 19.1 Å². The van der Waals surface area contributed by atoms with Gasteiger partial charge in [0, 0.05) is 0 Å². The molecule has 2 aromatic carbocycles. The first-order valence-electron chi connectivity index (χ1n) is 6.92. The summed E-state index contributed by atoms with van der Waals surface area (Å²) in [6, 6.07) is 19.3. The third-order valence-electron chi connectivity index (χ3n) is 3.11. The summed E-state index contributed by atoms with van der Waals surface area (Å²) in [5.41, 5.74) is 2.00. The van der Waals surface area contributed by atoms with E-state index in [1.165, 1.54) is 0 Å². The van der Waals surface area contributed by atoms with E-state index in [0.717, 1.165) is 11.1 Å². The van der Waals surface area contributed by atoms with Gasteiger partial charge in [-0.1, -0.05) is 66.7 Å². The molecular formula is C18H19NO2. The lowest BCUT2D eigenvalue weighted by molar-refractivity contribution is 0.135. The monoisotopic (exact) mass is 281 g/mol. The van der Waals surface area contributed by atoms with Gasteiger partial charge >= 0.3 is 6.09 Å². The fourth-order valence-corrected chi connectivity index (χ4v) is 2.04. The van der Waals surface area contributed by atoms with Crippen molar-refractivity contribution < 1.29 is 9.53 Å². The molecule has 0 saturated heterocycles. The number of hydrogen-bond acceptors (Lipinski definition) is 2. The van der Waals surface area contributed by atoms with Gasteiger partial charge in [0.15, 0.2) is 0 Å². The number of hydrogen-bond donors (Lipinski definition) is 1. The van der Waals surface area contributed by atoms with Crippen molar-refractivity contribution in [2.75, 3.05) is 0 Å². The Morgan fingerprint density at radius 1 is 1.10 bits per heavy atom. The van der Waals surface area contributed by atoms with Crippen LogP contribution in [0.2, 0.25) is 0 Å². The molecule has 0 aliphatic heterocycles. The fourth-order valence-electron chi connectivity index (χ4n) is 2.04. The minimum Gasteiger partial charge on any atom is -0.445 e. The highest BCUT2D eigenvalue weighted by Gasteiger charge is 2.13. The Bertz CT molecular complexity index is 566. The van der Waals surface area contributed by atoms with Crippen molar-refractivity contribution >= 4 is 6.09 Å². The zero-order chi connectivity index (χ0) is 14.9. The van der Waals surface area contributed by atoms with Crippen molar-refractivity contribution in [3.63, 3.8) is 0 Å². The second-order valence-electron chi connectivity index (χ2n) is 4.69. The SMILES string of the molecule is C=CC[C@H](NC(=O)OCc1ccccc1)c1ccccc1. The van der Waals surface area contributed by atoms with Crippen LogP contribution in [-0.2, 0) is 11.3 Å². The van der Waals surface area contributed by atoms with Gasteiger partial charge in [-0.25, -0.2) is 4.79 Å². The van der Waals surface area contributed by atoms with Gasteiger partial charge in [0.2, 0.25) is 0 Å². The van der Waals surface area contributed by atoms with Crippen LogP contribution >= 0.6 is 0 Å². The Balaban J connectivity index is 1.91. The van der Waals surface area contributed by atoms with Crippen molar-refractivity contribution in [2.24, 2.45) is 0 Å². The molecule has 3 heteroatoms. The van der Waals surface area contributed by atoms with Crippen LogP contribution in [0.5, 0.6) is 0 Å². The van der Waals surface area contributed by atoms with Gasteiger partial charge in [-0.2, -0.15) is 0 Å². The summed E-state index contributed by atoms with van der Waals surface area (Å²) in [5.74, 6) is 0. The third kappa shape index (κ3) is 4.80. The van der Waals surface area contributed by atoms with E-state index in [4.69, 9.17) is 4.74 Å². The first-order chi connectivity index (χ1) is 10.3. The predicted molar refractivity (Wildman–Crippen MR) is 83.8 cm³/mol. The molecule has 0 heterocycles. The number of alkyl carbamates (subject to hydrolysis) is 1. The molecule has 2 rings (SSSR count). The highest BCUT2D eigenvalue weighted by Crippen LogP contribution is 2.17. The maximum absolute atomic E-state index is 11.9. The maximum atomic E-state index is 11.9. The van der Waals surface area contributed by atoms with Crippen molar-refractivity contribution in [1.82, 2.24) is 5.32 Å². The second kappa shape index (κ2) is 7.90. The van der Waals surface area contributed by atoms with E-state index in [2.05, 4.69) is 11.9 Å². The van der Waals surface area contributed by atoms with Crippen molar-refractivity contribution in [3.8, 4) is 0 Å². The Morgan fingerprint density at radius 3 is 2.33 bits per heavy atom. The smallest absolute Gasteiger partial charge is 0.407 e. The lowest BCUT2D eigenvalue weighted by Gasteiger charge is -2.17. The topological polar surface area (TPSA) is 38.3 Å². The molecule has 0 aliphatic rings. The molecule has 1 N–H and O–H groups in total. The Labute approximate surface area is 125 Å². The Kier molecular flexibility index (Phi) is 5.59. The van der Waals surface area contributed by atoms with Gasteiger partial charge in [0.25, 0.3) is 0 Å². The quantitative estimate of drug-likeness (QED) is 0.805. The lowest BCUT2D eigenvalue weighted by atomic mass is 10.0. The van der Waals surface area contributed by atoms with Crippen LogP contribution in [0.3, 0.4) is 0 Å².